The average molecular weight is 1110 g/mol. The van der Waals surface area contributed by atoms with Crippen LogP contribution in [0.15, 0.2) is 12.2 Å². The highest BCUT2D eigenvalue weighted by molar-refractivity contribution is 7.47. The SMILES string of the molecule is CCCCCCCCC/C=C\CCCCCCCCCC(=O)OC(COC(=O)CCCCCCCCCCCCCCCCCCCCCCCCCCCCCCCCCCCCCCCC)COP(=O)(O)OCCN. The van der Waals surface area contributed by atoms with Crippen LogP contribution in [0, 0.1) is 0 Å². The van der Waals surface area contributed by atoms with Crippen LogP contribution in [-0.2, 0) is 32.7 Å². The van der Waals surface area contributed by atoms with E-state index < -0.39 is 26.5 Å². The summed E-state index contributed by atoms with van der Waals surface area (Å²) in [4.78, 5) is 35.2. The summed E-state index contributed by atoms with van der Waals surface area (Å²) >= 11 is 0. The van der Waals surface area contributed by atoms with Gasteiger partial charge in [-0.15, -0.1) is 0 Å². The molecule has 0 aromatic heterocycles. The monoisotopic (exact) mass is 1110 g/mol. The van der Waals surface area contributed by atoms with E-state index in [1.54, 1.807) is 0 Å². The second kappa shape index (κ2) is 63.9. The van der Waals surface area contributed by atoms with Crippen LogP contribution in [0.4, 0.5) is 0 Å². The second-order valence-corrected chi connectivity index (χ2v) is 24.9. The molecule has 77 heavy (non-hydrogen) atoms. The zero-order chi connectivity index (χ0) is 55.9. The number of hydrogen-bond acceptors (Lipinski definition) is 8. The zero-order valence-corrected chi connectivity index (χ0v) is 52.4. The van der Waals surface area contributed by atoms with Crippen molar-refractivity contribution in [1.82, 2.24) is 0 Å². The molecule has 2 atom stereocenters. The summed E-state index contributed by atoms with van der Waals surface area (Å²) < 4.78 is 33.1. The number of phosphoric acid groups is 1. The summed E-state index contributed by atoms with van der Waals surface area (Å²) in [5.41, 5.74) is 5.39. The number of esters is 2. The Morgan fingerprint density at radius 2 is 0.636 bits per heavy atom. The van der Waals surface area contributed by atoms with E-state index in [1.807, 2.05) is 0 Å². The van der Waals surface area contributed by atoms with Crippen LogP contribution in [0.5, 0.6) is 0 Å². The number of hydrogen-bond donors (Lipinski definition) is 2. The Bertz CT molecular complexity index is 1270. The van der Waals surface area contributed by atoms with Crippen molar-refractivity contribution in [3.8, 4) is 0 Å². The molecule has 9 nitrogen and oxygen atoms in total. The smallest absolute Gasteiger partial charge is 0.462 e. The third kappa shape index (κ3) is 63.8. The number of rotatable bonds is 66. The van der Waals surface area contributed by atoms with Gasteiger partial charge in [0.1, 0.15) is 6.61 Å². The van der Waals surface area contributed by atoms with Crippen LogP contribution >= 0.6 is 7.82 Å². The number of nitrogens with two attached hydrogens (primary N) is 1. The van der Waals surface area contributed by atoms with Gasteiger partial charge in [0.25, 0.3) is 0 Å². The minimum absolute atomic E-state index is 0.0560. The van der Waals surface area contributed by atoms with Gasteiger partial charge in [0.05, 0.1) is 13.2 Å². The molecule has 0 heterocycles. The quantitative estimate of drug-likeness (QED) is 0.0264. The van der Waals surface area contributed by atoms with Crippen molar-refractivity contribution in [3.05, 3.63) is 12.2 Å². The van der Waals surface area contributed by atoms with Gasteiger partial charge in [-0.05, 0) is 38.5 Å². The van der Waals surface area contributed by atoms with Gasteiger partial charge in [0.2, 0.25) is 0 Å². The lowest BCUT2D eigenvalue weighted by Crippen LogP contribution is -2.29. The fraction of sp³-hybridized carbons (Fsp3) is 0.940. The molecular formula is C67H132NO8P. The molecule has 0 rings (SSSR count). The molecule has 10 heteroatoms. The molecule has 0 bridgehead atoms. The minimum Gasteiger partial charge on any atom is -0.462 e. The molecule has 0 aliphatic rings. The van der Waals surface area contributed by atoms with Crippen molar-refractivity contribution in [2.45, 2.75) is 380 Å². The summed E-state index contributed by atoms with van der Waals surface area (Å²) in [6, 6.07) is 0. The van der Waals surface area contributed by atoms with Gasteiger partial charge in [0, 0.05) is 19.4 Å². The standard InChI is InChI=1S/C67H132NO8P/c1-3-5-7-9-11-13-15-17-19-21-23-24-25-26-27-28-29-30-31-32-33-34-35-36-37-38-39-40-41-42-44-45-47-49-51-53-55-57-59-66(69)73-63-65(64-75-77(71,72)74-62-61-68)76-67(70)60-58-56-54-52-50-48-46-43-22-20-18-16-14-12-10-8-6-4-2/h20,22,65H,3-19,21,23-64,68H2,1-2H3,(H,71,72)/b22-20-. The van der Waals surface area contributed by atoms with Gasteiger partial charge in [0.15, 0.2) is 6.10 Å². The first kappa shape index (κ1) is 75.8. The Kier molecular flexibility index (Phi) is 62.9. The van der Waals surface area contributed by atoms with E-state index in [2.05, 4.69) is 26.0 Å². The number of carbonyl (C=O) groups excluding carboxylic acids is 2. The van der Waals surface area contributed by atoms with Gasteiger partial charge < -0.3 is 20.1 Å². The van der Waals surface area contributed by atoms with Crippen molar-refractivity contribution in [1.29, 1.82) is 0 Å². The van der Waals surface area contributed by atoms with Crippen LogP contribution in [0.2, 0.25) is 0 Å². The van der Waals surface area contributed by atoms with Crippen molar-refractivity contribution in [2.24, 2.45) is 5.73 Å². The van der Waals surface area contributed by atoms with E-state index >= 15 is 0 Å². The topological polar surface area (TPSA) is 134 Å². The van der Waals surface area contributed by atoms with Gasteiger partial charge in [-0.2, -0.15) is 0 Å². The van der Waals surface area contributed by atoms with E-state index in [0.29, 0.717) is 6.42 Å². The van der Waals surface area contributed by atoms with Crippen LogP contribution in [0.25, 0.3) is 0 Å². The molecule has 0 aromatic rings. The Hall–Kier alpha value is -1.25. The first-order chi connectivity index (χ1) is 37.8. The predicted octanol–water partition coefficient (Wildman–Crippen LogP) is 22.0. The molecule has 0 aliphatic carbocycles. The normalized spacial score (nSPS) is 12.9. The number of allylic oxidation sites excluding steroid dienone is 2. The Morgan fingerprint density at radius 1 is 0.377 bits per heavy atom. The number of ether oxygens (including phenoxy) is 2. The van der Waals surface area contributed by atoms with Crippen molar-refractivity contribution >= 4 is 19.8 Å². The zero-order valence-electron chi connectivity index (χ0n) is 51.5. The van der Waals surface area contributed by atoms with E-state index in [1.165, 1.54) is 295 Å². The van der Waals surface area contributed by atoms with Crippen LogP contribution in [0.1, 0.15) is 373 Å². The summed E-state index contributed by atoms with van der Waals surface area (Å²) in [7, 11) is -4.39. The Morgan fingerprint density at radius 3 is 0.922 bits per heavy atom. The molecule has 0 saturated carbocycles. The molecule has 3 N–H and O–H groups in total. The summed E-state index contributed by atoms with van der Waals surface area (Å²) in [5.74, 6) is -0.811. The molecule has 0 aromatic carbocycles. The van der Waals surface area contributed by atoms with E-state index in [0.717, 1.165) is 44.9 Å². The lowest BCUT2D eigenvalue weighted by Gasteiger charge is -2.19. The maximum atomic E-state index is 12.7. The molecule has 0 aliphatic heterocycles. The highest BCUT2D eigenvalue weighted by Crippen LogP contribution is 2.43. The molecular weight excluding hydrogens is 978 g/mol. The lowest BCUT2D eigenvalue weighted by molar-refractivity contribution is -0.161. The number of phosphoric ester groups is 1. The Balaban J connectivity index is 3.72. The molecule has 0 amide bonds. The van der Waals surface area contributed by atoms with Gasteiger partial charge in [-0.25, -0.2) is 4.57 Å². The summed E-state index contributed by atoms with van der Waals surface area (Å²) in [6.07, 6.45) is 76.1. The van der Waals surface area contributed by atoms with E-state index in [4.69, 9.17) is 24.3 Å². The summed E-state index contributed by atoms with van der Waals surface area (Å²) in [5, 5.41) is 0. The largest absolute Gasteiger partial charge is 0.472 e. The molecule has 2 unspecified atom stereocenters. The highest BCUT2D eigenvalue weighted by Gasteiger charge is 2.26. The molecule has 0 radical (unpaired) electrons. The van der Waals surface area contributed by atoms with E-state index in [-0.39, 0.29) is 38.6 Å². The highest BCUT2D eigenvalue weighted by atomic mass is 31.2. The molecule has 458 valence electrons. The number of carbonyl (C=O) groups is 2. The van der Waals surface area contributed by atoms with Crippen molar-refractivity contribution in [3.63, 3.8) is 0 Å². The van der Waals surface area contributed by atoms with Crippen molar-refractivity contribution < 1.29 is 37.6 Å². The second-order valence-electron chi connectivity index (χ2n) is 23.4. The first-order valence-electron chi connectivity index (χ1n) is 34.2. The lowest BCUT2D eigenvalue weighted by atomic mass is 10.0. The third-order valence-corrected chi connectivity index (χ3v) is 16.6. The van der Waals surface area contributed by atoms with Gasteiger partial charge in [-0.1, -0.05) is 334 Å². The fourth-order valence-corrected chi connectivity index (χ4v) is 11.3. The molecule has 0 spiro atoms. The fourth-order valence-electron chi connectivity index (χ4n) is 10.6. The third-order valence-electron chi connectivity index (χ3n) is 15.7. The average Bonchev–Trinajstić information content (AvgIpc) is 3.42. The summed E-state index contributed by atoms with van der Waals surface area (Å²) in [6.45, 7) is 3.81. The van der Waals surface area contributed by atoms with Crippen LogP contribution < -0.4 is 5.73 Å². The van der Waals surface area contributed by atoms with Crippen LogP contribution in [0.3, 0.4) is 0 Å². The predicted molar refractivity (Wildman–Crippen MR) is 331 cm³/mol. The maximum Gasteiger partial charge on any atom is 0.472 e. The first-order valence-corrected chi connectivity index (χ1v) is 35.7. The van der Waals surface area contributed by atoms with Gasteiger partial charge >= 0.3 is 19.8 Å². The number of unbranched alkanes of at least 4 members (excludes halogenated alkanes) is 51. The minimum atomic E-state index is -4.39. The van der Waals surface area contributed by atoms with Gasteiger partial charge in [-0.3, -0.25) is 18.6 Å². The maximum absolute atomic E-state index is 12.7. The molecule has 0 saturated heterocycles. The van der Waals surface area contributed by atoms with Crippen LogP contribution in [-0.4, -0.2) is 49.3 Å². The van der Waals surface area contributed by atoms with Crippen molar-refractivity contribution in [2.75, 3.05) is 26.4 Å². The molecule has 0 fully saturated rings. The Labute approximate surface area is 479 Å². The van der Waals surface area contributed by atoms with E-state index in [9.17, 15) is 19.0 Å².